The van der Waals surface area contributed by atoms with Gasteiger partial charge >= 0.3 is 0 Å². The van der Waals surface area contributed by atoms with Gasteiger partial charge in [0, 0.05) is 30.3 Å². The fraction of sp³-hybridized carbons (Fsp3) is 0.368. The van der Waals surface area contributed by atoms with Gasteiger partial charge in [0.05, 0.1) is 22.3 Å². The molecule has 3 rings (SSSR count). The molecule has 9 nitrogen and oxygen atoms in total. The number of carbonyl (C=O) groups is 2. The lowest BCUT2D eigenvalue weighted by Gasteiger charge is -2.31. The van der Waals surface area contributed by atoms with Crippen LogP contribution in [0.1, 0.15) is 24.5 Å². The second-order valence-corrected chi connectivity index (χ2v) is 7.77. The number of nitrogens with two attached hydrogens (primary N) is 2. The summed E-state index contributed by atoms with van der Waals surface area (Å²) in [4.78, 5) is 29.3. The lowest BCUT2D eigenvalue weighted by atomic mass is 9.93. The lowest BCUT2D eigenvalue weighted by molar-refractivity contribution is -0.133. The van der Waals surface area contributed by atoms with Crippen LogP contribution in [-0.2, 0) is 9.59 Å². The van der Waals surface area contributed by atoms with Crippen LogP contribution in [0, 0.1) is 0 Å². The van der Waals surface area contributed by atoms with Crippen LogP contribution in [0.25, 0.3) is 11.3 Å². The van der Waals surface area contributed by atoms with E-state index in [-0.39, 0.29) is 30.9 Å². The number of guanidine groups is 1. The Kier molecular flexibility index (Phi) is 7.17. The summed E-state index contributed by atoms with van der Waals surface area (Å²) >= 11 is 12.4. The minimum atomic E-state index is -0.406. The third-order valence-electron chi connectivity index (χ3n) is 4.95. The van der Waals surface area contributed by atoms with Crippen molar-refractivity contribution < 1.29 is 9.59 Å². The molecule has 1 aliphatic rings. The molecule has 1 aliphatic heterocycles. The van der Waals surface area contributed by atoms with E-state index < -0.39 is 5.91 Å². The maximum atomic E-state index is 12.3. The van der Waals surface area contributed by atoms with Gasteiger partial charge in [0.1, 0.15) is 6.54 Å². The molecule has 0 atom stereocenters. The Hall–Kier alpha value is -2.78. The number of piperidine rings is 1. The molecule has 1 aromatic heterocycles. The summed E-state index contributed by atoms with van der Waals surface area (Å²) in [5, 5.41) is 10.9. The monoisotopic (exact) mass is 451 g/mol. The van der Waals surface area contributed by atoms with Crippen LogP contribution >= 0.6 is 23.2 Å². The summed E-state index contributed by atoms with van der Waals surface area (Å²) < 4.78 is 0. The van der Waals surface area contributed by atoms with Crippen molar-refractivity contribution in [3.05, 3.63) is 40.0 Å². The van der Waals surface area contributed by atoms with Crippen molar-refractivity contribution in [2.45, 2.75) is 18.8 Å². The summed E-state index contributed by atoms with van der Waals surface area (Å²) in [5.41, 5.74) is 12.9. The maximum absolute atomic E-state index is 12.3. The zero-order valence-corrected chi connectivity index (χ0v) is 17.7. The number of rotatable bonds is 6. The molecule has 11 heteroatoms. The van der Waals surface area contributed by atoms with Gasteiger partial charge in [-0.25, -0.2) is 4.99 Å². The van der Waals surface area contributed by atoms with Crippen LogP contribution < -0.4 is 16.8 Å². The van der Waals surface area contributed by atoms with E-state index in [0.717, 1.165) is 29.8 Å². The van der Waals surface area contributed by atoms with Crippen LogP contribution in [0.3, 0.4) is 0 Å². The molecule has 1 saturated heterocycles. The van der Waals surface area contributed by atoms with Crippen molar-refractivity contribution in [3.63, 3.8) is 0 Å². The van der Waals surface area contributed by atoms with E-state index >= 15 is 0 Å². The molecule has 0 aliphatic carbocycles. The smallest absolute Gasteiger partial charge is 0.242 e. The molecule has 1 fully saturated rings. The number of aromatic amines is 1. The minimum Gasteiger partial charge on any atom is -0.370 e. The standard InChI is InChI=1S/C19H23Cl2N7O2/c20-13-3-1-2-12(18(13)21)15-8-14(26-27-15)11-4-6-28(7-5-11)17(30)10-24-16(29)9-25-19(22)23/h1-3,8,11H,4-7,9-10H2,(H,24,29)(H,26,27)(H4,22,23,25). The summed E-state index contributed by atoms with van der Waals surface area (Å²) in [6.07, 6.45) is 1.58. The Bertz CT molecular complexity index is 948. The fourth-order valence-electron chi connectivity index (χ4n) is 3.33. The number of benzene rings is 1. The van der Waals surface area contributed by atoms with Crippen molar-refractivity contribution in [3.8, 4) is 11.3 Å². The molecular weight excluding hydrogens is 429 g/mol. The number of aromatic nitrogens is 2. The Balaban J connectivity index is 1.52. The first-order valence-electron chi connectivity index (χ1n) is 9.44. The summed E-state index contributed by atoms with van der Waals surface area (Å²) in [6, 6.07) is 7.41. The SMILES string of the molecule is NC(N)=NCC(=O)NCC(=O)N1CCC(c2cc(-c3cccc(Cl)c3Cl)n[nH]2)CC1. The van der Waals surface area contributed by atoms with Crippen molar-refractivity contribution in [2.24, 2.45) is 16.5 Å². The molecule has 2 amide bonds. The number of nitrogens with zero attached hydrogens (tertiary/aromatic N) is 3. The van der Waals surface area contributed by atoms with Crippen LogP contribution in [0.5, 0.6) is 0 Å². The van der Waals surface area contributed by atoms with Crippen molar-refractivity contribution >= 4 is 41.0 Å². The number of H-pyrrole nitrogens is 1. The first-order valence-corrected chi connectivity index (χ1v) is 10.2. The molecule has 30 heavy (non-hydrogen) atoms. The minimum absolute atomic E-state index is 0.0784. The highest BCUT2D eigenvalue weighted by atomic mass is 35.5. The number of hydrogen-bond acceptors (Lipinski definition) is 4. The predicted octanol–water partition coefficient (Wildman–Crippen LogP) is 1.48. The van der Waals surface area contributed by atoms with E-state index in [1.807, 2.05) is 18.2 Å². The Labute approximate surface area is 183 Å². The molecule has 6 N–H and O–H groups in total. The van der Waals surface area contributed by atoms with Gasteiger partial charge in [-0.1, -0.05) is 35.3 Å². The van der Waals surface area contributed by atoms with Crippen LogP contribution in [0.2, 0.25) is 10.0 Å². The molecular formula is C19H23Cl2N7O2. The third kappa shape index (κ3) is 5.43. The van der Waals surface area contributed by atoms with Gasteiger partial charge in [0.25, 0.3) is 0 Å². The Morgan fingerprint density at radius 3 is 2.70 bits per heavy atom. The number of halogens is 2. The van der Waals surface area contributed by atoms with E-state index in [1.54, 1.807) is 11.0 Å². The molecule has 1 aromatic carbocycles. The zero-order valence-electron chi connectivity index (χ0n) is 16.2. The molecule has 2 heterocycles. The third-order valence-corrected chi connectivity index (χ3v) is 5.77. The highest BCUT2D eigenvalue weighted by molar-refractivity contribution is 6.43. The second-order valence-electron chi connectivity index (χ2n) is 6.98. The van der Waals surface area contributed by atoms with E-state index in [2.05, 4.69) is 20.5 Å². The molecule has 2 aromatic rings. The van der Waals surface area contributed by atoms with E-state index in [1.165, 1.54) is 0 Å². The van der Waals surface area contributed by atoms with E-state index in [4.69, 9.17) is 34.7 Å². The van der Waals surface area contributed by atoms with E-state index in [9.17, 15) is 9.59 Å². The Morgan fingerprint density at radius 1 is 1.27 bits per heavy atom. The Morgan fingerprint density at radius 2 is 2.00 bits per heavy atom. The number of hydrogen-bond donors (Lipinski definition) is 4. The average Bonchev–Trinajstić information content (AvgIpc) is 3.22. The number of aliphatic imine (C=N–C) groups is 1. The van der Waals surface area contributed by atoms with Gasteiger partial charge < -0.3 is 21.7 Å². The largest absolute Gasteiger partial charge is 0.370 e. The molecule has 160 valence electrons. The summed E-state index contributed by atoms with van der Waals surface area (Å²) in [7, 11) is 0. The number of carbonyl (C=O) groups excluding carboxylic acids is 2. The number of likely N-dealkylation sites (tertiary alicyclic amines) is 1. The maximum Gasteiger partial charge on any atom is 0.242 e. The van der Waals surface area contributed by atoms with Crippen molar-refractivity contribution in [1.29, 1.82) is 0 Å². The molecule has 0 bridgehead atoms. The topological polar surface area (TPSA) is 142 Å². The normalized spacial score (nSPS) is 14.4. The average molecular weight is 452 g/mol. The molecule has 0 saturated carbocycles. The quantitative estimate of drug-likeness (QED) is 0.388. The zero-order chi connectivity index (χ0) is 21.7. The summed E-state index contributed by atoms with van der Waals surface area (Å²) in [6.45, 7) is 0.917. The van der Waals surface area contributed by atoms with Crippen molar-refractivity contribution in [2.75, 3.05) is 26.2 Å². The highest BCUT2D eigenvalue weighted by Gasteiger charge is 2.25. The van der Waals surface area contributed by atoms with Crippen LogP contribution in [0.15, 0.2) is 29.3 Å². The van der Waals surface area contributed by atoms with Gasteiger partial charge in [0.2, 0.25) is 11.8 Å². The lowest BCUT2D eigenvalue weighted by Crippen LogP contribution is -2.44. The predicted molar refractivity (Wildman–Crippen MR) is 116 cm³/mol. The van der Waals surface area contributed by atoms with Crippen LogP contribution in [0.4, 0.5) is 0 Å². The first kappa shape index (κ1) is 21.9. The molecule has 0 spiro atoms. The number of amides is 2. The molecule has 0 unspecified atom stereocenters. The first-order chi connectivity index (χ1) is 14.3. The molecule has 0 radical (unpaired) electrons. The van der Waals surface area contributed by atoms with Gasteiger partial charge in [-0.3, -0.25) is 14.7 Å². The summed E-state index contributed by atoms with van der Waals surface area (Å²) in [5.74, 6) is -0.457. The number of nitrogens with one attached hydrogen (secondary N) is 2. The second kappa shape index (κ2) is 9.82. The van der Waals surface area contributed by atoms with E-state index in [0.29, 0.717) is 23.1 Å². The van der Waals surface area contributed by atoms with Crippen molar-refractivity contribution in [1.82, 2.24) is 20.4 Å². The highest BCUT2D eigenvalue weighted by Crippen LogP contribution is 2.34. The van der Waals surface area contributed by atoms with Gasteiger partial charge in [-0.05, 0) is 25.0 Å². The van der Waals surface area contributed by atoms with Gasteiger partial charge in [-0.15, -0.1) is 0 Å². The van der Waals surface area contributed by atoms with Crippen LogP contribution in [-0.4, -0.2) is 59.1 Å². The van der Waals surface area contributed by atoms with Gasteiger partial charge in [-0.2, -0.15) is 5.10 Å². The fourth-order valence-corrected chi connectivity index (χ4v) is 3.73. The van der Waals surface area contributed by atoms with Gasteiger partial charge in [0.15, 0.2) is 5.96 Å².